The van der Waals surface area contributed by atoms with Gasteiger partial charge >= 0.3 is 12.2 Å². The summed E-state index contributed by atoms with van der Waals surface area (Å²) < 4.78 is 40.1. The Hall–Kier alpha value is -3.66. The number of alkyl halides is 3. The molecule has 10 nitrogen and oxygen atoms in total. The number of aromatic amines is 1. The van der Waals surface area contributed by atoms with Crippen LogP contribution in [0.25, 0.3) is 22.3 Å². The maximum absolute atomic E-state index is 12.8. The van der Waals surface area contributed by atoms with Crippen molar-refractivity contribution in [3.8, 4) is 17.3 Å². The van der Waals surface area contributed by atoms with E-state index in [1.807, 2.05) is 22.3 Å². The van der Waals surface area contributed by atoms with Gasteiger partial charge in [0.05, 0.1) is 24.5 Å². The number of fused-ring (bicyclic) bond motifs is 1. The number of aromatic nitrogens is 5. The van der Waals surface area contributed by atoms with Gasteiger partial charge in [0, 0.05) is 62.0 Å². The molecular formula is C22H26F3N9O. The summed E-state index contributed by atoms with van der Waals surface area (Å²) in [6.07, 6.45) is 3.41. The molecule has 0 spiro atoms. The number of carbonyl (C=O) groups is 1. The summed E-state index contributed by atoms with van der Waals surface area (Å²) >= 11 is 0. The zero-order chi connectivity index (χ0) is 25.0. The highest BCUT2D eigenvalue weighted by Crippen LogP contribution is 2.25. The van der Waals surface area contributed by atoms with Crippen molar-refractivity contribution in [2.45, 2.75) is 44.6 Å². The third-order valence-electron chi connectivity index (χ3n) is 6.20. The first-order chi connectivity index (χ1) is 16.8. The van der Waals surface area contributed by atoms with Crippen LogP contribution in [0, 0.1) is 11.3 Å². The van der Waals surface area contributed by atoms with Gasteiger partial charge in [-0.1, -0.05) is 0 Å². The van der Waals surface area contributed by atoms with Gasteiger partial charge in [0.25, 0.3) is 0 Å². The first-order valence-electron chi connectivity index (χ1n) is 11.3. The van der Waals surface area contributed by atoms with E-state index in [-0.39, 0.29) is 6.04 Å². The molecule has 1 fully saturated rings. The highest BCUT2D eigenvalue weighted by Gasteiger charge is 2.38. The summed E-state index contributed by atoms with van der Waals surface area (Å²) in [5.74, 6) is 0. The van der Waals surface area contributed by atoms with Crippen molar-refractivity contribution in [2.75, 3.05) is 26.2 Å². The summed E-state index contributed by atoms with van der Waals surface area (Å²) in [6.45, 7) is 3.04. The minimum Gasteiger partial charge on any atom is -0.346 e. The van der Waals surface area contributed by atoms with Crippen LogP contribution in [0.5, 0.6) is 0 Å². The molecule has 4 rings (SSSR count). The van der Waals surface area contributed by atoms with Gasteiger partial charge in [-0.3, -0.25) is 9.58 Å². The maximum atomic E-state index is 12.8. The van der Waals surface area contributed by atoms with Crippen LogP contribution in [0.1, 0.15) is 19.8 Å². The van der Waals surface area contributed by atoms with Gasteiger partial charge in [0.15, 0.2) is 0 Å². The van der Waals surface area contributed by atoms with Crippen molar-refractivity contribution in [1.29, 1.82) is 5.26 Å². The molecule has 2 atom stereocenters. The Morgan fingerprint density at radius 3 is 2.77 bits per heavy atom. The first-order valence-corrected chi connectivity index (χ1v) is 11.3. The predicted octanol–water partition coefficient (Wildman–Crippen LogP) is 2.77. The second-order valence-electron chi connectivity index (χ2n) is 8.50. The molecule has 3 aromatic rings. The summed E-state index contributed by atoms with van der Waals surface area (Å²) in [6, 6.07) is 1.44. The van der Waals surface area contributed by atoms with E-state index in [2.05, 4.69) is 31.0 Å². The second-order valence-corrected chi connectivity index (χ2v) is 8.50. The van der Waals surface area contributed by atoms with Crippen LogP contribution in [0.15, 0.2) is 31.0 Å². The summed E-state index contributed by atoms with van der Waals surface area (Å²) in [7, 11) is 0. The molecular weight excluding hydrogens is 463 g/mol. The number of nitrogens with zero attached hydrogens (tertiary/aromatic N) is 7. The number of carbonyl (C=O) groups excluding carboxylic acids is 1. The van der Waals surface area contributed by atoms with Crippen LogP contribution in [-0.4, -0.2) is 85.0 Å². The number of nitriles is 1. The average molecular weight is 490 g/mol. The van der Waals surface area contributed by atoms with Crippen molar-refractivity contribution >= 4 is 17.1 Å². The standard InChI is InChI=1S/C22H26F3N9O/c1-15(22(23,24)25)31-21(35)33-9-7-32(8-10-33)17(3-2-5-26)13-34-12-16(11-30-34)19-18-4-6-27-20(18)29-14-28-19/h4,6,11-12,14-15,17H,2-3,7-10,13H2,1H3,(H,31,35)(H,27,28,29)/t15-,17-/m0/s1. The SMILES string of the molecule is C[C@H](NC(=O)N1CCN([C@@H](CCC#N)Cn2cc(-c3ncnc4[nH]ccc34)cn2)CC1)C(F)(F)F. The van der Waals surface area contributed by atoms with Crippen molar-refractivity contribution in [3.05, 3.63) is 31.0 Å². The molecule has 13 heteroatoms. The van der Waals surface area contributed by atoms with E-state index in [1.165, 1.54) is 11.2 Å². The smallest absolute Gasteiger partial charge is 0.346 e. The lowest BCUT2D eigenvalue weighted by molar-refractivity contribution is -0.149. The molecule has 2 amide bonds. The van der Waals surface area contributed by atoms with E-state index >= 15 is 0 Å². The Morgan fingerprint density at radius 2 is 2.06 bits per heavy atom. The number of amides is 2. The van der Waals surface area contributed by atoms with E-state index < -0.39 is 18.2 Å². The van der Waals surface area contributed by atoms with Gasteiger partial charge in [-0.15, -0.1) is 0 Å². The Kier molecular flexibility index (Phi) is 7.20. The lowest BCUT2D eigenvalue weighted by Crippen LogP contribution is -2.57. The second kappa shape index (κ2) is 10.3. The average Bonchev–Trinajstić information content (AvgIpc) is 3.50. The number of H-pyrrole nitrogens is 1. The Labute approximate surface area is 199 Å². The number of hydrogen-bond donors (Lipinski definition) is 2. The quantitative estimate of drug-likeness (QED) is 0.527. The van der Waals surface area contributed by atoms with Crippen LogP contribution in [0.2, 0.25) is 0 Å². The Balaban J connectivity index is 1.40. The Bertz CT molecular complexity index is 1190. The molecule has 0 aliphatic carbocycles. The fourth-order valence-corrected chi connectivity index (χ4v) is 4.17. The molecule has 1 aliphatic rings. The largest absolute Gasteiger partial charge is 0.408 e. The first kappa shape index (κ1) is 24.5. The molecule has 186 valence electrons. The van der Waals surface area contributed by atoms with E-state index in [4.69, 9.17) is 5.26 Å². The normalized spacial score (nSPS) is 16.7. The highest BCUT2D eigenvalue weighted by molar-refractivity contribution is 5.89. The van der Waals surface area contributed by atoms with Crippen molar-refractivity contribution in [3.63, 3.8) is 0 Å². The zero-order valence-electron chi connectivity index (χ0n) is 19.2. The molecule has 1 aliphatic heterocycles. The van der Waals surface area contributed by atoms with E-state index in [0.717, 1.165) is 29.2 Å². The third-order valence-corrected chi connectivity index (χ3v) is 6.20. The number of rotatable bonds is 7. The minimum absolute atomic E-state index is 0.0145. The van der Waals surface area contributed by atoms with Crippen molar-refractivity contribution in [1.82, 2.24) is 39.8 Å². The topological polar surface area (TPSA) is 119 Å². The predicted molar refractivity (Wildman–Crippen MR) is 121 cm³/mol. The minimum atomic E-state index is -4.48. The Morgan fingerprint density at radius 1 is 1.29 bits per heavy atom. The molecule has 4 heterocycles. The van der Waals surface area contributed by atoms with E-state index in [0.29, 0.717) is 45.6 Å². The molecule has 0 radical (unpaired) electrons. The number of nitrogens with one attached hydrogen (secondary N) is 2. The number of halogens is 3. The van der Waals surface area contributed by atoms with Crippen molar-refractivity contribution < 1.29 is 18.0 Å². The molecule has 0 unspecified atom stereocenters. The molecule has 1 saturated heterocycles. The highest BCUT2D eigenvalue weighted by atomic mass is 19.4. The van der Waals surface area contributed by atoms with Crippen LogP contribution in [-0.2, 0) is 6.54 Å². The van der Waals surface area contributed by atoms with Gasteiger partial charge in [-0.2, -0.15) is 23.5 Å². The zero-order valence-corrected chi connectivity index (χ0v) is 19.2. The lowest BCUT2D eigenvalue weighted by atomic mass is 10.1. The fraction of sp³-hybridized carbons (Fsp3) is 0.500. The summed E-state index contributed by atoms with van der Waals surface area (Å²) in [4.78, 5) is 27.4. The molecule has 35 heavy (non-hydrogen) atoms. The molecule has 0 aromatic carbocycles. The lowest BCUT2D eigenvalue weighted by Gasteiger charge is -2.39. The van der Waals surface area contributed by atoms with Gasteiger partial charge in [-0.25, -0.2) is 14.8 Å². The third kappa shape index (κ3) is 5.71. The fourth-order valence-electron chi connectivity index (χ4n) is 4.17. The van der Waals surface area contributed by atoms with Crippen LogP contribution in [0.3, 0.4) is 0 Å². The summed E-state index contributed by atoms with van der Waals surface area (Å²) in [5.41, 5.74) is 2.35. The van der Waals surface area contributed by atoms with Crippen LogP contribution >= 0.6 is 0 Å². The maximum Gasteiger partial charge on any atom is 0.408 e. The van der Waals surface area contributed by atoms with Gasteiger partial charge in [0.1, 0.15) is 18.0 Å². The molecule has 0 bridgehead atoms. The number of urea groups is 1. The monoisotopic (exact) mass is 489 g/mol. The molecule has 3 aromatic heterocycles. The number of hydrogen-bond acceptors (Lipinski definition) is 6. The van der Waals surface area contributed by atoms with E-state index in [9.17, 15) is 18.0 Å². The molecule has 0 saturated carbocycles. The molecule has 2 N–H and O–H groups in total. The van der Waals surface area contributed by atoms with Crippen molar-refractivity contribution in [2.24, 2.45) is 0 Å². The van der Waals surface area contributed by atoms with Crippen LogP contribution in [0.4, 0.5) is 18.0 Å². The number of piperazine rings is 1. The van der Waals surface area contributed by atoms with Gasteiger partial charge < -0.3 is 15.2 Å². The van der Waals surface area contributed by atoms with Gasteiger partial charge in [0.2, 0.25) is 0 Å². The van der Waals surface area contributed by atoms with Crippen LogP contribution < -0.4 is 5.32 Å². The van der Waals surface area contributed by atoms with Gasteiger partial charge in [-0.05, 0) is 19.4 Å². The summed E-state index contributed by atoms with van der Waals surface area (Å²) in [5, 5.41) is 16.5. The van der Waals surface area contributed by atoms with E-state index in [1.54, 1.807) is 12.4 Å².